The molecule has 0 aliphatic carbocycles. The van der Waals surface area contributed by atoms with Crippen molar-refractivity contribution in [1.29, 1.82) is 0 Å². The number of rotatable bonds is 6. The second-order valence-corrected chi connectivity index (χ2v) is 8.40. The topological polar surface area (TPSA) is 93.1 Å². The molecule has 3 aromatic carbocycles. The van der Waals surface area contributed by atoms with E-state index in [2.05, 4.69) is 0 Å². The Balaban J connectivity index is 1.64. The molecule has 0 bridgehead atoms. The van der Waals surface area contributed by atoms with Gasteiger partial charge in [-0.3, -0.25) is 4.90 Å². The van der Waals surface area contributed by atoms with Gasteiger partial charge in [-0.05, 0) is 36.9 Å². The van der Waals surface area contributed by atoms with E-state index < -0.39 is 11.3 Å². The molecular formula is C28H23NO6. The van der Waals surface area contributed by atoms with E-state index in [0.29, 0.717) is 46.3 Å². The number of nitrogens with zero attached hydrogens (tertiary/aromatic N) is 1. The monoisotopic (exact) mass is 469 g/mol. The van der Waals surface area contributed by atoms with Crippen molar-refractivity contribution in [2.24, 2.45) is 0 Å². The highest BCUT2D eigenvalue weighted by Gasteiger charge is 2.19. The normalized spacial score (nSPS) is 11.4. The zero-order chi connectivity index (χ0) is 24.5. The second-order valence-electron chi connectivity index (χ2n) is 8.40. The molecule has 0 aliphatic rings. The van der Waals surface area contributed by atoms with Crippen LogP contribution in [0, 0.1) is 0 Å². The molecule has 7 nitrogen and oxygen atoms in total. The van der Waals surface area contributed by atoms with Crippen molar-refractivity contribution in [3.05, 3.63) is 105 Å². The summed E-state index contributed by atoms with van der Waals surface area (Å²) in [6.45, 7) is 0.963. The van der Waals surface area contributed by atoms with E-state index in [0.717, 1.165) is 5.56 Å². The van der Waals surface area contributed by atoms with Crippen molar-refractivity contribution in [3.63, 3.8) is 0 Å². The predicted octanol–water partition coefficient (Wildman–Crippen LogP) is 4.91. The number of para-hydroxylation sites is 1. The first-order valence-corrected chi connectivity index (χ1v) is 11.1. The zero-order valence-corrected chi connectivity index (χ0v) is 19.3. The number of fused-ring (bicyclic) bond motifs is 2. The highest BCUT2D eigenvalue weighted by Crippen LogP contribution is 2.34. The Bertz CT molecular complexity index is 1650. The molecular weight excluding hydrogens is 446 g/mol. The van der Waals surface area contributed by atoms with Gasteiger partial charge in [0.15, 0.2) is 11.3 Å². The van der Waals surface area contributed by atoms with Crippen molar-refractivity contribution >= 4 is 21.9 Å². The van der Waals surface area contributed by atoms with E-state index in [1.54, 1.807) is 36.4 Å². The van der Waals surface area contributed by atoms with Crippen molar-refractivity contribution in [2.75, 3.05) is 14.2 Å². The minimum atomic E-state index is -0.629. The molecule has 0 aliphatic heterocycles. The summed E-state index contributed by atoms with van der Waals surface area (Å²) < 4.78 is 16.4. The quantitative estimate of drug-likeness (QED) is 0.353. The van der Waals surface area contributed by atoms with Gasteiger partial charge in [0.05, 0.1) is 18.2 Å². The Hall–Kier alpha value is -4.36. The highest BCUT2D eigenvalue weighted by atomic mass is 16.5. The molecule has 0 radical (unpaired) electrons. The van der Waals surface area contributed by atoms with Gasteiger partial charge in [0.25, 0.3) is 0 Å². The van der Waals surface area contributed by atoms with Crippen molar-refractivity contribution in [3.8, 4) is 22.6 Å². The van der Waals surface area contributed by atoms with Crippen LogP contribution in [0.25, 0.3) is 33.1 Å². The van der Waals surface area contributed by atoms with Crippen molar-refractivity contribution < 1.29 is 18.7 Å². The summed E-state index contributed by atoms with van der Waals surface area (Å²) in [4.78, 5) is 27.6. The third-order valence-electron chi connectivity index (χ3n) is 5.95. The molecule has 7 heteroatoms. The van der Waals surface area contributed by atoms with Crippen LogP contribution in [0.3, 0.4) is 0 Å². The third-order valence-corrected chi connectivity index (χ3v) is 5.95. The molecule has 2 heterocycles. The van der Waals surface area contributed by atoms with E-state index in [4.69, 9.17) is 13.6 Å². The van der Waals surface area contributed by atoms with Crippen LogP contribution in [-0.4, -0.2) is 24.2 Å². The molecule has 5 rings (SSSR count). The second kappa shape index (κ2) is 9.12. The van der Waals surface area contributed by atoms with Gasteiger partial charge < -0.3 is 18.7 Å². The minimum absolute atomic E-state index is 0.00740. The molecule has 2 aromatic heterocycles. The Kier molecular flexibility index (Phi) is 5.84. The van der Waals surface area contributed by atoms with Gasteiger partial charge in [-0.2, -0.15) is 0 Å². The molecule has 0 saturated carbocycles. The summed E-state index contributed by atoms with van der Waals surface area (Å²) in [5.74, 6) is 0.449. The Labute approximate surface area is 200 Å². The highest BCUT2D eigenvalue weighted by molar-refractivity contribution is 5.97. The number of hydrogen-bond donors (Lipinski definition) is 1. The fraction of sp³-hybridized carbons (Fsp3) is 0.143. The summed E-state index contributed by atoms with van der Waals surface area (Å²) in [5, 5.41) is 11.8. The molecule has 35 heavy (non-hydrogen) atoms. The zero-order valence-electron chi connectivity index (χ0n) is 19.3. The number of phenols is 1. The van der Waals surface area contributed by atoms with Crippen LogP contribution in [-0.2, 0) is 13.1 Å². The lowest BCUT2D eigenvalue weighted by atomic mass is 9.99. The smallest absolute Gasteiger partial charge is 0.344 e. The van der Waals surface area contributed by atoms with Gasteiger partial charge in [-0.15, -0.1) is 0 Å². The van der Waals surface area contributed by atoms with Crippen LogP contribution in [0.2, 0.25) is 0 Å². The predicted molar refractivity (Wildman–Crippen MR) is 134 cm³/mol. The minimum Gasteiger partial charge on any atom is -0.507 e. The first-order chi connectivity index (χ1) is 16.9. The van der Waals surface area contributed by atoms with Crippen molar-refractivity contribution in [1.82, 2.24) is 4.90 Å². The summed E-state index contributed by atoms with van der Waals surface area (Å²) in [6.07, 6.45) is 0. The van der Waals surface area contributed by atoms with Gasteiger partial charge >= 0.3 is 11.3 Å². The SMILES string of the molecule is COc1cccc2cc(-c3cc(=O)oc4c(CN(C)Cc5ccccc5)c(O)ccc34)c(=O)oc12. The average Bonchev–Trinajstić information content (AvgIpc) is 2.85. The molecule has 5 aromatic rings. The van der Waals surface area contributed by atoms with Crippen LogP contribution >= 0.6 is 0 Å². The van der Waals surface area contributed by atoms with Crippen LogP contribution in [0.4, 0.5) is 0 Å². The lowest BCUT2D eigenvalue weighted by Crippen LogP contribution is -2.18. The number of benzene rings is 3. The number of aromatic hydroxyl groups is 1. The Morgan fingerprint density at radius 3 is 2.43 bits per heavy atom. The fourth-order valence-electron chi connectivity index (χ4n) is 4.33. The molecule has 176 valence electrons. The lowest BCUT2D eigenvalue weighted by molar-refractivity contribution is 0.312. The molecule has 0 atom stereocenters. The molecule has 0 unspecified atom stereocenters. The first kappa shape index (κ1) is 22.4. The number of methoxy groups -OCH3 is 1. The standard InChI is InChI=1S/C28H23NO6/c1-29(15-17-7-4-3-5-8-17)16-22-23(30)12-11-19-20(14-25(31)34-27(19)22)21-13-18-9-6-10-24(33-2)26(18)35-28(21)32/h3-14,30H,15-16H2,1-2H3. The van der Waals surface area contributed by atoms with Gasteiger partial charge in [0, 0.05) is 35.5 Å². The van der Waals surface area contributed by atoms with Crippen LogP contribution in [0.5, 0.6) is 11.5 Å². The maximum absolute atomic E-state index is 13.0. The fourth-order valence-corrected chi connectivity index (χ4v) is 4.33. The van der Waals surface area contributed by atoms with E-state index in [9.17, 15) is 14.7 Å². The van der Waals surface area contributed by atoms with Gasteiger partial charge in [-0.1, -0.05) is 42.5 Å². The Morgan fingerprint density at radius 2 is 1.66 bits per heavy atom. The Morgan fingerprint density at radius 1 is 0.857 bits per heavy atom. The number of hydrogen-bond acceptors (Lipinski definition) is 7. The average molecular weight is 469 g/mol. The third kappa shape index (κ3) is 4.29. The maximum atomic E-state index is 13.0. The summed E-state index contributed by atoms with van der Waals surface area (Å²) in [5.41, 5.74) is 1.50. The maximum Gasteiger partial charge on any atom is 0.344 e. The molecule has 1 N–H and O–H groups in total. The van der Waals surface area contributed by atoms with Crippen molar-refractivity contribution in [2.45, 2.75) is 13.1 Å². The van der Waals surface area contributed by atoms with Gasteiger partial charge in [-0.25, -0.2) is 9.59 Å². The van der Waals surface area contributed by atoms with Gasteiger partial charge in [0.1, 0.15) is 11.3 Å². The molecule has 0 spiro atoms. The summed E-state index contributed by atoms with van der Waals surface area (Å²) in [6, 6.07) is 21.4. The molecule has 0 fully saturated rings. The summed E-state index contributed by atoms with van der Waals surface area (Å²) in [7, 11) is 3.42. The van der Waals surface area contributed by atoms with Crippen LogP contribution in [0.1, 0.15) is 11.1 Å². The van der Waals surface area contributed by atoms with E-state index in [1.165, 1.54) is 13.2 Å². The number of ether oxygens (including phenoxy) is 1. The van der Waals surface area contributed by atoms with E-state index in [-0.39, 0.29) is 16.9 Å². The summed E-state index contributed by atoms with van der Waals surface area (Å²) >= 11 is 0. The van der Waals surface area contributed by atoms with Crippen LogP contribution in [0.15, 0.2) is 91.2 Å². The largest absolute Gasteiger partial charge is 0.507 e. The first-order valence-electron chi connectivity index (χ1n) is 11.1. The number of phenolic OH excluding ortho intramolecular Hbond substituents is 1. The van der Waals surface area contributed by atoms with E-state index in [1.807, 2.05) is 42.3 Å². The van der Waals surface area contributed by atoms with Gasteiger partial charge in [0.2, 0.25) is 0 Å². The molecule has 0 amide bonds. The van der Waals surface area contributed by atoms with E-state index >= 15 is 0 Å². The van der Waals surface area contributed by atoms with Crippen LogP contribution < -0.4 is 16.0 Å². The molecule has 0 saturated heterocycles. The lowest BCUT2D eigenvalue weighted by Gasteiger charge is -2.19.